The fraction of sp³-hybridized carbons (Fsp3) is 1.00. The normalized spacial score (nSPS) is 19.8. The van der Waals surface area contributed by atoms with E-state index >= 15 is 0 Å². The highest BCUT2D eigenvalue weighted by Gasteiger charge is 2.19. The van der Waals surface area contributed by atoms with Gasteiger partial charge in [-0.2, -0.15) is 0 Å². The lowest BCUT2D eigenvalue weighted by molar-refractivity contribution is 0.0249. The van der Waals surface area contributed by atoms with E-state index in [1.54, 1.807) is 0 Å². The number of unbranched alkanes of at least 4 members (excludes halogenated alkanes) is 2. The molecule has 2 nitrogen and oxygen atoms in total. The highest BCUT2D eigenvalue weighted by molar-refractivity contribution is 4.66. The van der Waals surface area contributed by atoms with E-state index in [2.05, 4.69) is 23.9 Å². The molecule has 0 amide bonds. The molecule has 0 spiro atoms. The van der Waals surface area contributed by atoms with Gasteiger partial charge < -0.3 is 0 Å². The second-order valence-corrected chi connectivity index (χ2v) is 3.97. The molecule has 0 aromatic rings. The molecule has 0 unspecified atom stereocenters. The Hall–Kier alpha value is -0.0800. The van der Waals surface area contributed by atoms with Crippen LogP contribution in [-0.4, -0.2) is 36.2 Å². The van der Waals surface area contributed by atoms with Crippen LogP contribution in [0.25, 0.3) is 0 Å². The fourth-order valence-electron chi connectivity index (χ4n) is 1.91. The number of rotatable bonds is 6. The summed E-state index contributed by atoms with van der Waals surface area (Å²) in [6.45, 7) is 9.69. The number of nitrogens with zero attached hydrogens (tertiary/aromatic N) is 2. The highest BCUT2D eigenvalue weighted by Crippen LogP contribution is 2.12. The van der Waals surface area contributed by atoms with Crippen molar-refractivity contribution in [1.29, 1.82) is 0 Å². The van der Waals surface area contributed by atoms with Crippen molar-refractivity contribution in [2.24, 2.45) is 0 Å². The second-order valence-electron chi connectivity index (χ2n) is 3.97. The zero-order chi connectivity index (χ0) is 9.52. The topological polar surface area (TPSA) is 6.48 Å². The van der Waals surface area contributed by atoms with Crippen LogP contribution < -0.4 is 0 Å². The van der Waals surface area contributed by atoms with E-state index in [0.717, 1.165) is 0 Å². The quantitative estimate of drug-likeness (QED) is 0.626. The number of hydrazine groups is 1. The summed E-state index contributed by atoms with van der Waals surface area (Å²) in [7, 11) is 0. The Bertz CT molecular complexity index is 111. The summed E-state index contributed by atoms with van der Waals surface area (Å²) in [6.07, 6.45) is 6.70. The van der Waals surface area contributed by atoms with Gasteiger partial charge in [0.1, 0.15) is 0 Å². The van der Waals surface area contributed by atoms with Gasteiger partial charge in [0.15, 0.2) is 0 Å². The van der Waals surface area contributed by atoms with E-state index in [4.69, 9.17) is 0 Å². The molecule has 0 aromatic heterocycles. The summed E-state index contributed by atoms with van der Waals surface area (Å²) in [5.74, 6) is 0. The Morgan fingerprint density at radius 3 is 1.69 bits per heavy atom. The van der Waals surface area contributed by atoms with Crippen molar-refractivity contribution in [3.63, 3.8) is 0 Å². The third-order valence-corrected chi connectivity index (χ3v) is 2.77. The first-order valence-corrected chi connectivity index (χ1v) is 5.88. The molecule has 0 aromatic carbocycles. The summed E-state index contributed by atoms with van der Waals surface area (Å²) in [5.41, 5.74) is 0. The average Bonchev–Trinajstić information content (AvgIpc) is 2.59. The molecule has 1 aliphatic rings. The lowest BCUT2D eigenvalue weighted by Gasteiger charge is -2.27. The SMILES string of the molecule is CCCCN1CCCN1CCCC. The van der Waals surface area contributed by atoms with E-state index < -0.39 is 0 Å². The number of hydrogen-bond acceptors (Lipinski definition) is 2. The molecule has 78 valence electrons. The summed E-state index contributed by atoms with van der Waals surface area (Å²) in [4.78, 5) is 0. The third-order valence-electron chi connectivity index (χ3n) is 2.77. The van der Waals surface area contributed by atoms with Gasteiger partial charge in [-0.15, -0.1) is 0 Å². The van der Waals surface area contributed by atoms with Crippen LogP contribution in [0.2, 0.25) is 0 Å². The first-order valence-electron chi connectivity index (χ1n) is 5.88. The van der Waals surface area contributed by atoms with Crippen molar-refractivity contribution in [2.75, 3.05) is 26.2 Å². The predicted molar refractivity (Wildman–Crippen MR) is 57.6 cm³/mol. The Balaban J connectivity index is 2.18. The zero-order valence-corrected chi connectivity index (χ0v) is 9.26. The van der Waals surface area contributed by atoms with Crippen LogP contribution in [0.1, 0.15) is 46.0 Å². The minimum absolute atomic E-state index is 1.28. The Morgan fingerprint density at radius 2 is 1.31 bits per heavy atom. The summed E-state index contributed by atoms with van der Waals surface area (Å²) in [5, 5.41) is 5.11. The van der Waals surface area contributed by atoms with Crippen LogP contribution in [0.5, 0.6) is 0 Å². The Morgan fingerprint density at radius 1 is 0.846 bits per heavy atom. The molecule has 1 aliphatic heterocycles. The van der Waals surface area contributed by atoms with Gasteiger partial charge >= 0.3 is 0 Å². The molecule has 0 bridgehead atoms. The molecule has 1 fully saturated rings. The standard InChI is InChI=1S/C11H24N2/c1-3-5-8-12-10-7-11-13(12)9-6-4-2/h3-11H2,1-2H3. The van der Waals surface area contributed by atoms with Gasteiger partial charge in [-0.25, -0.2) is 10.0 Å². The Labute approximate surface area is 82.9 Å². The minimum Gasteiger partial charge on any atom is -0.242 e. The van der Waals surface area contributed by atoms with Crippen molar-refractivity contribution in [3.8, 4) is 0 Å². The van der Waals surface area contributed by atoms with E-state index in [1.165, 1.54) is 58.3 Å². The van der Waals surface area contributed by atoms with Gasteiger partial charge in [-0.05, 0) is 19.3 Å². The van der Waals surface area contributed by atoms with Crippen LogP contribution in [0.4, 0.5) is 0 Å². The minimum atomic E-state index is 1.28. The second kappa shape index (κ2) is 6.39. The molecule has 13 heavy (non-hydrogen) atoms. The van der Waals surface area contributed by atoms with Gasteiger partial charge in [0.2, 0.25) is 0 Å². The average molecular weight is 184 g/mol. The predicted octanol–water partition coefficient (Wildman–Crippen LogP) is 2.51. The van der Waals surface area contributed by atoms with Crippen LogP contribution in [0, 0.1) is 0 Å². The van der Waals surface area contributed by atoms with Crippen LogP contribution in [0.15, 0.2) is 0 Å². The molecule has 0 atom stereocenters. The molecule has 1 rings (SSSR count). The zero-order valence-electron chi connectivity index (χ0n) is 9.26. The molecule has 0 radical (unpaired) electrons. The van der Waals surface area contributed by atoms with Crippen molar-refractivity contribution in [2.45, 2.75) is 46.0 Å². The summed E-state index contributed by atoms with van der Waals surface area (Å²) >= 11 is 0. The fourth-order valence-corrected chi connectivity index (χ4v) is 1.91. The highest BCUT2D eigenvalue weighted by atomic mass is 15.6. The molecule has 1 saturated heterocycles. The smallest absolute Gasteiger partial charge is 0.0146 e. The van der Waals surface area contributed by atoms with E-state index in [1.807, 2.05) is 0 Å². The molecule has 0 N–H and O–H groups in total. The number of hydrogen-bond donors (Lipinski definition) is 0. The molecular formula is C11H24N2. The first kappa shape index (κ1) is 11.0. The first-order chi connectivity index (χ1) is 6.38. The van der Waals surface area contributed by atoms with Crippen molar-refractivity contribution < 1.29 is 0 Å². The lowest BCUT2D eigenvalue weighted by Crippen LogP contribution is -2.37. The van der Waals surface area contributed by atoms with Gasteiger partial charge in [0.25, 0.3) is 0 Å². The van der Waals surface area contributed by atoms with Crippen molar-refractivity contribution >= 4 is 0 Å². The van der Waals surface area contributed by atoms with E-state index in [9.17, 15) is 0 Å². The van der Waals surface area contributed by atoms with Gasteiger partial charge in [0, 0.05) is 26.2 Å². The summed E-state index contributed by atoms with van der Waals surface area (Å²) < 4.78 is 0. The maximum absolute atomic E-state index is 2.55. The van der Waals surface area contributed by atoms with Gasteiger partial charge in [0.05, 0.1) is 0 Å². The van der Waals surface area contributed by atoms with Crippen LogP contribution >= 0.6 is 0 Å². The monoisotopic (exact) mass is 184 g/mol. The van der Waals surface area contributed by atoms with Gasteiger partial charge in [-0.3, -0.25) is 0 Å². The molecule has 1 heterocycles. The van der Waals surface area contributed by atoms with Crippen LogP contribution in [0.3, 0.4) is 0 Å². The molecule has 2 heteroatoms. The maximum Gasteiger partial charge on any atom is 0.0146 e. The summed E-state index contributed by atoms with van der Waals surface area (Å²) in [6, 6.07) is 0. The lowest BCUT2D eigenvalue weighted by atomic mass is 10.3. The molecule has 0 saturated carbocycles. The maximum atomic E-state index is 2.55. The van der Waals surface area contributed by atoms with Gasteiger partial charge in [-0.1, -0.05) is 26.7 Å². The van der Waals surface area contributed by atoms with Crippen LogP contribution in [-0.2, 0) is 0 Å². The van der Waals surface area contributed by atoms with E-state index in [0.29, 0.717) is 0 Å². The van der Waals surface area contributed by atoms with Crippen molar-refractivity contribution in [1.82, 2.24) is 10.0 Å². The third kappa shape index (κ3) is 3.65. The molecule has 0 aliphatic carbocycles. The Kier molecular flexibility index (Phi) is 5.40. The molecular weight excluding hydrogens is 160 g/mol. The van der Waals surface area contributed by atoms with E-state index in [-0.39, 0.29) is 0 Å². The van der Waals surface area contributed by atoms with Crippen molar-refractivity contribution in [3.05, 3.63) is 0 Å². The largest absolute Gasteiger partial charge is 0.242 e.